The summed E-state index contributed by atoms with van der Waals surface area (Å²) in [6, 6.07) is 0. The molecular weight excluding hydrogens is 282 g/mol. The Kier molecular flexibility index (Phi) is 3.55. The molecule has 104 valence electrons. The van der Waals surface area contributed by atoms with Gasteiger partial charge in [-0.3, -0.25) is 9.30 Å². The summed E-state index contributed by atoms with van der Waals surface area (Å²) in [6.07, 6.45) is 6.07. The number of thiazole rings is 1. The van der Waals surface area contributed by atoms with Gasteiger partial charge in [0, 0.05) is 24.7 Å². The van der Waals surface area contributed by atoms with E-state index in [1.165, 1.54) is 0 Å². The summed E-state index contributed by atoms with van der Waals surface area (Å²) in [6.45, 7) is 1.40. The summed E-state index contributed by atoms with van der Waals surface area (Å²) in [5.41, 5.74) is 0.488. The lowest BCUT2D eigenvalue weighted by atomic mass is 10.0. The van der Waals surface area contributed by atoms with Crippen LogP contribution in [-0.2, 0) is 6.54 Å². The van der Waals surface area contributed by atoms with E-state index in [2.05, 4.69) is 9.88 Å². The van der Waals surface area contributed by atoms with Crippen molar-refractivity contribution in [3.8, 4) is 0 Å². The predicted molar refractivity (Wildman–Crippen MR) is 77.8 cm³/mol. The van der Waals surface area contributed by atoms with Crippen molar-refractivity contribution in [2.75, 3.05) is 13.6 Å². The monoisotopic (exact) mass is 299 g/mol. The van der Waals surface area contributed by atoms with Crippen LogP contribution in [0.1, 0.15) is 31.4 Å². The zero-order chi connectivity index (χ0) is 13.5. The van der Waals surface area contributed by atoms with Crippen molar-refractivity contribution in [2.24, 2.45) is 0 Å². The van der Waals surface area contributed by atoms with E-state index < -0.39 is 5.60 Å². The Hall–Kier alpha value is -0.620. The van der Waals surface area contributed by atoms with Crippen molar-refractivity contribution in [1.29, 1.82) is 0 Å². The van der Waals surface area contributed by atoms with Crippen molar-refractivity contribution in [1.82, 2.24) is 14.3 Å². The number of aromatic nitrogens is 2. The second-order valence-corrected chi connectivity index (χ2v) is 6.74. The molecule has 1 N–H and O–H groups in total. The van der Waals surface area contributed by atoms with Crippen LogP contribution in [0.2, 0.25) is 5.15 Å². The Balaban J connectivity index is 1.73. The van der Waals surface area contributed by atoms with Gasteiger partial charge in [-0.1, -0.05) is 24.4 Å². The van der Waals surface area contributed by atoms with Crippen LogP contribution in [0, 0.1) is 0 Å². The highest BCUT2D eigenvalue weighted by atomic mass is 35.5. The molecule has 2 aromatic rings. The molecule has 1 fully saturated rings. The van der Waals surface area contributed by atoms with Crippen LogP contribution < -0.4 is 0 Å². The minimum atomic E-state index is -0.514. The van der Waals surface area contributed by atoms with Crippen molar-refractivity contribution in [3.05, 3.63) is 22.4 Å². The van der Waals surface area contributed by atoms with Gasteiger partial charge in [0.2, 0.25) is 0 Å². The molecule has 1 aliphatic rings. The number of hydrogen-bond donors (Lipinski definition) is 1. The minimum Gasteiger partial charge on any atom is -0.389 e. The lowest BCUT2D eigenvalue weighted by Crippen LogP contribution is -2.39. The molecule has 1 aliphatic carbocycles. The summed E-state index contributed by atoms with van der Waals surface area (Å²) in [5, 5.41) is 13.0. The van der Waals surface area contributed by atoms with Crippen LogP contribution in [0.15, 0.2) is 11.6 Å². The number of nitrogens with zero attached hydrogens (tertiary/aromatic N) is 3. The fourth-order valence-electron chi connectivity index (χ4n) is 2.95. The van der Waals surface area contributed by atoms with Crippen molar-refractivity contribution >= 4 is 27.9 Å². The Labute approximate surface area is 121 Å². The van der Waals surface area contributed by atoms with Gasteiger partial charge in [0.15, 0.2) is 10.1 Å². The molecule has 0 aliphatic heterocycles. The highest BCUT2D eigenvalue weighted by Gasteiger charge is 2.32. The average Bonchev–Trinajstić information content (AvgIpc) is 3.00. The van der Waals surface area contributed by atoms with Gasteiger partial charge in [-0.25, -0.2) is 4.98 Å². The predicted octanol–water partition coefficient (Wildman–Crippen LogP) is 2.79. The van der Waals surface area contributed by atoms with Crippen LogP contribution in [-0.4, -0.2) is 38.6 Å². The van der Waals surface area contributed by atoms with Gasteiger partial charge in [0.05, 0.1) is 11.3 Å². The van der Waals surface area contributed by atoms with Gasteiger partial charge in [-0.2, -0.15) is 0 Å². The molecule has 6 heteroatoms. The first-order valence-corrected chi connectivity index (χ1v) is 7.84. The quantitative estimate of drug-likeness (QED) is 0.944. The molecule has 0 spiro atoms. The molecule has 0 radical (unpaired) electrons. The van der Waals surface area contributed by atoms with Gasteiger partial charge in [-0.15, -0.1) is 11.3 Å². The molecule has 0 bridgehead atoms. The summed E-state index contributed by atoms with van der Waals surface area (Å²) in [5.74, 6) is 0. The Bertz CT molecular complexity index is 573. The van der Waals surface area contributed by atoms with Crippen molar-refractivity contribution in [3.63, 3.8) is 0 Å². The molecule has 3 rings (SSSR count). The fraction of sp³-hybridized carbons (Fsp3) is 0.615. The Morgan fingerprint density at radius 1 is 1.53 bits per heavy atom. The van der Waals surface area contributed by atoms with E-state index in [-0.39, 0.29) is 0 Å². The van der Waals surface area contributed by atoms with E-state index in [4.69, 9.17) is 11.6 Å². The van der Waals surface area contributed by atoms with Gasteiger partial charge in [-0.05, 0) is 19.9 Å². The van der Waals surface area contributed by atoms with E-state index >= 15 is 0 Å². The number of rotatable bonds is 4. The number of fused-ring (bicyclic) bond motifs is 1. The SMILES string of the molecule is CN(Cc1c(Cl)nc2sccn12)CC1(O)CCCC1. The summed E-state index contributed by atoms with van der Waals surface area (Å²) < 4.78 is 2.03. The first kappa shape index (κ1) is 13.4. The molecule has 2 aromatic heterocycles. The molecular formula is C13H18ClN3OS. The smallest absolute Gasteiger partial charge is 0.195 e. The lowest BCUT2D eigenvalue weighted by Gasteiger charge is -2.28. The highest BCUT2D eigenvalue weighted by Crippen LogP contribution is 2.30. The summed E-state index contributed by atoms with van der Waals surface area (Å²) in [7, 11) is 2.03. The zero-order valence-corrected chi connectivity index (χ0v) is 12.5. The second-order valence-electron chi connectivity index (χ2n) is 5.51. The van der Waals surface area contributed by atoms with Crippen LogP contribution in [0.5, 0.6) is 0 Å². The molecule has 2 heterocycles. The third-order valence-electron chi connectivity index (χ3n) is 3.83. The van der Waals surface area contributed by atoms with Crippen LogP contribution >= 0.6 is 22.9 Å². The van der Waals surface area contributed by atoms with Crippen LogP contribution in [0.25, 0.3) is 4.96 Å². The van der Waals surface area contributed by atoms with E-state index in [9.17, 15) is 5.11 Å². The Morgan fingerprint density at radius 3 is 3.00 bits per heavy atom. The van der Waals surface area contributed by atoms with Crippen LogP contribution in [0.4, 0.5) is 0 Å². The molecule has 0 amide bonds. The molecule has 0 atom stereocenters. The molecule has 0 saturated heterocycles. The molecule has 4 nitrogen and oxygen atoms in total. The Morgan fingerprint density at radius 2 is 2.26 bits per heavy atom. The largest absolute Gasteiger partial charge is 0.389 e. The number of likely N-dealkylation sites (N-methyl/N-ethyl adjacent to an activating group) is 1. The molecule has 19 heavy (non-hydrogen) atoms. The van der Waals surface area contributed by atoms with Gasteiger partial charge >= 0.3 is 0 Å². The van der Waals surface area contributed by atoms with Crippen LogP contribution in [0.3, 0.4) is 0 Å². The van der Waals surface area contributed by atoms with Gasteiger partial charge < -0.3 is 5.11 Å². The zero-order valence-electron chi connectivity index (χ0n) is 11.0. The maximum Gasteiger partial charge on any atom is 0.195 e. The van der Waals surface area contributed by atoms with Gasteiger partial charge in [0.25, 0.3) is 0 Å². The molecule has 1 saturated carbocycles. The van der Waals surface area contributed by atoms with E-state index in [0.717, 1.165) is 36.3 Å². The molecule has 0 unspecified atom stereocenters. The van der Waals surface area contributed by atoms with Crippen molar-refractivity contribution < 1.29 is 5.11 Å². The molecule has 0 aromatic carbocycles. The fourth-order valence-corrected chi connectivity index (χ4v) is 3.97. The standard InChI is InChI=1S/C13H18ClN3OS/c1-16(9-13(18)4-2-3-5-13)8-10-11(14)15-12-17(10)6-7-19-12/h6-7,18H,2-5,8-9H2,1H3. The average molecular weight is 300 g/mol. The first-order valence-electron chi connectivity index (χ1n) is 6.58. The highest BCUT2D eigenvalue weighted by molar-refractivity contribution is 7.15. The normalized spacial score (nSPS) is 18.7. The number of hydrogen-bond acceptors (Lipinski definition) is 4. The maximum atomic E-state index is 10.4. The third kappa shape index (κ3) is 2.65. The maximum absolute atomic E-state index is 10.4. The van der Waals surface area contributed by atoms with E-state index in [0.29, 0.717) is 18.2 Å². The lowest BCUT2D eigenvalue weighted by molar-refractivity contribution is 0.0142. The summed E-state index contributed by atoms with van der Waals surface area (Å²) >= 11 is 7.77. The second kappa shape index (κ2) is 5.05. The topological polar surface area (TPSA) is 40.8 Å². The number of aliphatic hydroxyl groups is 1. The third-order valence-corrected chi connectivity index (χ3v) is 4.89. The minimum absolute atomic E-state index is 0.514. The summed E-state index contributed by atoms with van der Waals surface area (Å²) in [4.78, 5) is 7.39. The van der Waals surface area contributed by atoms with Gasteiger partial charge in [0.1, 0.15) is 0 Å². The van der Waals surface area contributed by atoms with E-state index in [1.807, 2.05) is 23.0 Å². The number of imidazole rings is 1. The van der Waals surface area contributed by atoms with Crippen molar-refractivity contribution in [2.45, 2.75) is 37.8 Å². The van der Waals surface area contributed by atoms with E-state index in [1.54, 1.807) is 11.3 Å². The first-order chi connectivity index (χ1) is 9.07. The number of halogens is 1.